The van der Waals surface area contributed by atoms with Crippen LogP contribution in [0.2, 0.25) is 0 Å². The van der Waals surface area contributed by atoms with Gasteiger partial charge in [0.15, 0.2) is 0 Å². The van der Waals surface area contributed by atoms with Crippen LogP contribution in [-0.4, -0.2) is 40.0 Å². The smallest absolute Gasteiger partial charge is 0.231 e. The first-order chi connectivity index (χ1) is 10.7. The van der Waals surface area contributed by atoms with Crippen LogP contribution in [-0.2, 0) is 16.0 Å². The zero-order chi connectivity index (χ0) is 15.4. The van der Waals surface area contributed by atoms with Crippen LogP contribution in [0.3, 0.4) is 0 Å². The van der Waals surface area contributed by atoms with E-state index >= 15 is 0 Å². The maximum absolute atomic E-state index is 12.1. The lowest BCUT2D eigenvalue weighted by atomic mass is 10.1. The average molecular weight is 316 g/mol. The van der Waals surface area contributed by atoms with Gasteiger partial charge >= 0.3 is 0 Å². The Bertz CT molecular complexity index is 645. The van der Waals surface area contributed by atoms with E-state index in [-0.39, 0.29) is 24.2 Å². The van der Waals surface area contributed by atoms with Crippen LogP contribution < -0.4 is 5.32 Å². The molecule has 0 saturated carbocycles. The third kappa shape index (κ3) is 3.48. The SMILES string of the molecule is O=C(Nc1nncs1)[C@H]1CC(=O)N(CCc2ccccc2)C1. The number of anilines is 1. The Kier molecular flexibility index (Phi) is 4.43. The van der Waals surface area contributed by atoms with Gasteiger partial charge in [-0.15, -0.1) is 10.2 Å². The number of nitrogens with zero attached hydrogens (tertiary/aromatic N) is 3. The largest absolute Gasteiger partial charge is 0.342 e. The van der Waals surface area contributed by atoms with Gasteiger partial charge in [0.25, 0.3) is 0 Å². The van der Waals surface area contributed by atoms with Crippen molar-refractivity contribution in [3.63, 3.8) is 0 Å². The fraction of sp³-hybridized carbons (Fsp3) is 0.333. The molecule has 22 heavy (non-hydrogen) atoms. The molecule has 3 rings (SSSR count). The monoisotopic (exact) mass is 316 g/mol. The second-order valence-corrected chi connectivity index (χ2v) is 6.04. The van der Waals surface area contributed by atoms with E-state index in [0.717, 1.165) is 6.42 Å². The second-order valence-electron chi connectivity index (χ2n) is 5.21. The van der Waals surface area contributed by atoms with Crippen molar-refractivity contribution in [1.29, 1.82) is 0 Å². The standard InChI is InChI=1S/C15H16N4O2S/c20-13-8-12(14(21)17-15-18-16-10-22-15)9-19(13)7-6-11-4-2-1-3-5-11/h1-5,10,12H,6-9H2,(H,17,18,21)/t12-/m0/s1. The van der Waals surface area contributed by atoms with E-state index in [0.29, 0.717) is 18.2 Å². The van der Waals surface area contributed by atoms with Crippen LogP contribution in [0, 0.1) is 5.92 Å². The highest BCUT2D eigenvalue weighted by atomic mass is 32.1. The summed E-state index contributed by atoms with van der Waals surface area (Å²) in [5.41, 5.74) is 2.75. The Morgan fingerprint density at radius 1 is 1.36 bits per heavy atom. The van der Waals surface area contributed by atoms with Crippen molar-refractivity contribution >= 4 is 28.3 Å². The molecule has 2 heterocycles. The third-order valence-corrected chi connectivity index (χ3v) is 4.30. The molecule has 7 heteroatoms. The summed E-state index contributed by atoms with van der Waals surface area (Å²) in [7, 11) is 0. The Labute approximate surface area is 132 Å². The van der Waals surface area contributed by atoms with Crippen LogP contribution in [0.5, 0.6) is 0 Å². The van der Waals surface area contributed by atoms with Gasteiger partial charge in [-0.1, -0.05) is 41.7 Å². The topological polar surface area (TPSA) is 75.2 Å². The van der Waals surface area contributed by atoms with Crippen LogP contribution >= 0.6 is 11.3 Å². The Morgan fingerprint density at radius 2 is 2.18 bits per heavy atom. The van der Waals surface area contributed by atoms with E-state index in [2.05, 4.69) is 15.5 Å². The normalized spacial score (nSPS) is 17.7. The molecule has 1 aliphatic heterocycles. The van der Waals surface area contributed by atoms with Gasteiger partial charge in [-0.2, -0.15) is 0 Å². The lowest BCUT2D eigenvalue weighted by molar-refractivity contribution is -0.128. The molecular weight excluding hydrogens is 300 g/mol. The molecule has 1 saturated heterocycles. The first-order valence-electron chi connectivity index (χ1n) is 7.11. The summed E-state index contributed by atoms with van der Waals surface area (Å²) in [6, 6.07) is 10.0. The number of benzene rings is 1. The minimum atomic E-state index is -0.313. The molecule has 1 aliphatic rings. The number of aromatic nitrogens is 2. The third-order valence-electron chi connectivity index (χ3n) is 3.69. The second kappa shape index (κ2) is 6.65. The molecule has 1 fully saturated rings. The van der Waals surface area contributed by atoms with Crippen molar-refractivity contribution in [2.45, 2.75) is 12.8 Å². The summed E-state index contributed by atoms with van der Waals surface area (Å²) in [6.45, 7) is 1.11. The Hall–Kier alpha value is -2.28. The number of carbonyl (C=O) groups is 2. The molecule has 0 bridgehead atoms. The van der Waals surface area contributed by atoms with E-state index in [1.165, 1.54) is 16.9 Å². The molecule has 0 radical (unpaired) electrons. The predicted octanol–water partition coefficient (Wildman–Crippen LogP) is 1.57. The molecule has 0 spiro atoms. The van der Waals surface area contributed by atoms with Gasteiger partial charge in [-0.05, 0) is 12.0 Å². The summed E-state index contributed by atoms with van der Waals surface area (Å²) in [4.78, 5) is 25.9. The zero-order valence-electron chi connectivity index (χ0n) is 11.9. The molecule has 2 aromatic rings. The van der Waals surface area contributed by atoms with Crippen molar-refractivity contribution in [3.05, 3.63) is 41.4 Å². The van der Waals surface area contributed by atoms with Crippen LogP contribution in [0.15, 0.2) is 35.8 Å². The molecule has 1 aromatic carbocycles. The molecule has 1 atom stereocenters. The minimum absolute atomic E-state index is 0.0355. The zero-order valence-corrected chi connectivity index (χ0v) is 12.8. The summed E-state index contributed by atoms with van der Waals surface area (Å²) in [5, 5.41) is 10.6. The molecule has 6 nitrogen and oxygen atoms in total. The number of carbonyl (C=O) groups excluding carboxylic acids is 2. The van der Waals surface area contributed by atoms with Gasteiger partial charge in [0.1, 0.15) is 5.51 Å². The van der Waals surface area contributed by atoms with E-state index in [1.807, 2.05) is 30.3 Å². The lowest BCUT2D eigenvalue weighted by Gasteiger charge is -2.16. The highest BCUT2D eigenvalue weighted by molar-refractivity contribution is 7.13. The summed E-state index contributed by atoms with van der Waals surface area (Å²) in [6.07, 6.45) is 1.07. The number of amides is 2. The Morgan fingerprint density at radius 3 is 2.91 bits per heavy atom. The quantitative estimate of drug-likeness (QED) is 0.908. The van der Waals surface area contributed by atoms with Crippen LogP contribution in [0.4, 0.5) is 5.13 Å². The molecule has 1 aromatic heterocycles. The number of nitrogens with one attached hydrogen (secondary N) is 1. The lowest BCUT2D eigenvalue weighted by Crippen LogP contribution is -2.30. The van der Waals surface area contributed by atoms with Gasteiger partial charge < -0.3 is 10.2 Å². The molecule has 2 amide bonds. The van der Waals surface area contributed by atoms with Crippen molar-refractivity contribution in [1.82, 2.24) is 15.1 Å². The van der Waals surface area contributed by atoms with E-state index in [4.69, 9.17) is 0 Å². The minimum Gasteiger partial charge on any atom is -0.342 e. The number of hydrogen-bond donors (Lipinski definition) is 1. The molecular formula is C15H16N4O2S. The van der Waals surface area contributed by atoms with Crippen LogP contribution in [0.1, 0.15) is 12.0 Å². The van der Waals surface area contributed by atoms with Gasteiger partial charge in [-0.25, -0.2) is 0 Å². The fourth-order valence-corrected chi connectivity index (χ4v) is 2.96. The molecule has 1 N–H and O–H groups in total. The number of likely N-dealkylation sites (tertiary alicyclic amines) is 1. The summed E-state index contributed by atoms with van der Waals surface area (Å²) in [5.74, 6) is -0.437. The van der Waals surface area contributed by atoms with Gasteiger partial charge in [0.2, 0.25) is 16.9 Å². The van der Waals surface area contributed by atoms with Crippen LogP contribution in [0.25, 0.3) is 0 Å². The van der Waals surface area contributed by atoms with E-state index in [1.54, 1.807) is 10.4 Å². The van der Waals surface area contributed by atoms with E-state index in [9.17, 15) is 9.59 Å². The van der Waals surface area contributed by atoms with Crippen molar-refractivity contribution < 1.29 is 9.59 Å². The Balaban J connectivity index is 1.53. The molecule has 0 unspecified atom stereocenters. The highest BCUT2D eigenvalue weighted by Gasteiger charge is 2.34. The number of rotatable bonds is 5. The maximum Gasteiger partial charge on any atom is 0.231 e. The summed E-state index contributed by atoms with van der Waals surface area (Å²) >= 11 is 1.27. The maximum atomic E-state index is 12.1. The van der Waals surface area contributed by atoms with Gasteiger partial charge in [0, 0.05) is 19.5 Å². The first kappa shape index (κ1) is 14.6. The van der Waals surface area contributed by atoms with Gasteiger partial charge in [0.05, 0.1) is 5.92 Å². The average Bonchev–Trinajstić information content (AvgIpc) is 3.16. The summed E-state index contributed by atoms with van der Waals surface area (Å²) < 4.78 is 0. The predicted molar refractivity (Wildman–Crippen MR) is 83.4 cm³/mol. The fourth-order valence-electron chi connectivity index (χ4n) is 2.51. The van der Waals surface area contributed by atoms with Crippen molar-refractivity contribution in [3.8, 4) is 0 Å². The van der Waals surface area contributed by atoms with Crippen molar-refractivity contribution in [2.24, 2.45) is 5.92 Å². The highest BCUT2D eigenvalue weighted by Crippen LogP contribution is 2.20. The van der Waals surface area contributed by atoms with Crippen molar-refractivity contribution in [2.75, 3.05) is 18.4 Å². The molecule has 0 aliphatic carbocycles. The van der Waals surface area contributed by atoms with Gasteiger partial charge in [-0.3, -0.25) is 9.59 Å². The first-order valence-corrected chi connectivity index (χ1v) is 7.99. The van der Waals surface area contributed by atoms with E-state index < -0.39 is 0 Å². The molecule has 114 valence electrons. The number of hydrogen-bond acceptors (Lipinski definition) is 5.